The van der Waals surface area contributed by atoms with Crippen LogP contribution in [0.25, 0.3) is 11.1 Å². The van der Waals surface area contributed by atoms with E-state index in [1.165, 1.54) is 22.3 Å². The lowest BCUT2D eigenvalue weighted by molar-refractivity contribution is -0.140. The summed E-state index contributed by atoms with van der Waals surface area (Å²) in [6, 6.07) is 24.4. The second kappa shape index (κ2) is 17.6. The second-order valence-electron chi connectivity index (χ2n) is 12.0. The van der Waals surface area contributed by atoms with Gasteiger partial charge < -0.3 is 19.7 Å². The summed E-state index contributed by atoms with van der Waals surface area (Å²) < 4.78 is 10.6. The molecule has 4 aromatic rings. The lowest BCUT2D eigenvalue weighted by Crippen LogP contribution is -2.09. The van der Waals surface area contributed by atoms with E-state index < -0.39 is 11.9 Å². The Kier molecular flexibility index (Phi) is 12.8. The van der Waals surface area contributed by atoms with Crippen LogP contribution in [0, 0.1) is 37.5 Å². The van der Waals surface area contributed by atoms with Gasteiger partial charge in [0.25, 0.3) is 0 Å². The maximum Gasteiger partial charge on any atom is 0.341 e. The van der Waals surface area contributed by atoms with Crippen LogP contribution in [-0.2, 0) is 16.0 Å². The van der Waals surface area contributed by atoms with Gasteiger partial charge in [0.05, 0.1) is 0 Å². The van der Waals surface area contributed by atoms with Crippen molar-refractivity contribution in [1.82, 2.24) is 0 Å². The summed E-state index contributed by atoms with van der Waals surface area (Å²) in [5.74, 6) is 14.0. The first-order valence-corrected chi connectivity index (χ1v) is 18.3. The van der Waals surface area contributed by atoms with Crippen LogP contribution in [0.2, 0.25) is 0 Å². The Hall–Kier alpha value is -5.28. The minimum atomic E-state index is -0.993. The van der Waals surface area contributed by atoms with Gasteiger partial charge >= 0.3 is 11.9 Å². The second-order valence-corrected chi connectivity index (χ2v) is 14.2. The van der Waals surface area contributed by atoms with Gasteiger partial charge in [0.1, 0.15) is 11.5 Å². The first kappa shape index (κ1) is 37.0. The molecule has 0 atom stereocenters. The number of allylic oxidation sites excluding steroid dienone is 2. The number of carbonyl (C=O) groups is 2. The number of aliphatic carboxylic acids is 2. The number of rotatable bonds is 12. The van der Waals surface area contributed by atoms with Gasteiger partial charge in [-0.1, -0.05) is 48.0 Å². The van der Waals surface area contributed by atoms with Gasteiger partial charge in [-0.3, -0.25) is 0 Å². The average molecular weight is 715 g/mol. The highest BCUT2D eigenvalue weighted by molar-refractivity contribution is 7.99. The monoisotopic (exact) mass is 714 g/mol. The molecule has 0 spiro atoms. The van der Waals surface area contributed by atoms with Crippen LogP contribution in [0.1, 0.15) is 47.2 Å². The van der Waals surface area contributed by atoms with Crippen LogP contribution in [0.15, 0.2) is 106 Å². The van der Waals surface area contributed by atoms with E-state index in [1.807, 2.05) is 64.1 Å². The SMILES string of the molecule is C/C(C#Cc1ccc2c(c1)Cc1cc(C#C/C(C)=C/CSc3ccc(OCC(=O)O)c(C)c3)ccc1-2)=C\CSc1ccc(OCC(=O)O)c(C)c1. The number of ether oxygens (including phenoxy) is 2. The van der Waals surface area contributed by atoms with Crippen molar-refractivity contribution in [3.63, 3.8) is 0 Å². The molecule has 0 radical (unpaired) electrons. The largest absolute Gasteiger partial charge is 0.482 e. The van der Waals surface area contributed by atoms with Crippen LogP contribution in [0.5, 0.6) is 11.5 Å². The van der Waals surface area contributed by atoms with Crippen LogP contribution in [0.4, 0.5) is 0 Å². The first-order valence-electron chi connectivity index (χ1n) is 16.3. The Morgan fingerprint density at radius 1 is 0.667 bits per heavy atom. The molecule has 0 amide bonds. The van der Waals surface area contributed by atoms with E-state index >= 15 is 0 Å². The molecular weight excluding hydrogens is 677 g/mol. The average Bonchev–Trinajstić information content (AvgIpc) is 3.46. The molecule has 0 aliphatic heterocycles. The van der Waals surface area contributed by atoms with Gasteiger partial charge in [0.15, 0.2) is 13.2 Å². The molecule has 0 bridgehead atoms. The molecule has 2 N–H and O–H groups in total. The normalized spacial score (nSPS) is 11.8. The number of carboxylic acid groups (broad SMARTS) is 2. The Morgan fingerprint density at radius 2 is 1.10 bits per heavy atom. The molecule has 0 saturated carbocycles. The molecule has 8 heteroatoms. The van der Waals surface area contributed by atoms with Crippen molar-refractivity contribution in [2.24, 2.45) is 0 Å². The standard InChI is InChI=1S/C43H38O6S2/c1-28(17-19-50-36-11-15-40(30(3)21-36)48-26-42(44)45)5-7-32-9-13-38-34(23-32)25-35-24-33(10-14-39(35)38)8-6-29(2)18-20-51-37-12-16-41(31(4)22-37)49-27-43(46)47/h9-18,21-24H,19-20,25-27H2,1-4H3,(H,44,45)(H,46,47)/b28-17+,29-18+. The number of hydrogen-bond donors (Lipinski definition) is 2. The number of hydrogen-bond acceptors (Lipinski definition) is 6. The Morgan fingerprint density at radius 3 is 1.49 bits per heavy atom. The zero-order valence-electron chi connectivity index (χ0n) is 29.0. The van der Waals surface area contributed by atoms with Gasteiger partial charge in [-0.15, -0.1) is 23.5 Å². The van der Waals surface area contributed by atoms with E-state index in [2.05, 4.69) is 72.2 Å². The van der Waals surface area contributed by atoms with Crippen LogP contribution < -0.4 is 9.47 Å². The van der Waals surface area contributed by atoms with Gasteiger partial charge in [-0.05, 0) is 139 Å². The highest BCUT2D eigenvalue weighted by atomic mass is 32.2. The topological polar surface area (TPSA) is 93.1 Å². The van der Waals surface area contributed by atoms with Gasteiger partial charge in [-0.25, -0.2) is 9.59 Å². The molecule has 5 rings (SSSR count). The highest BCUT2D eigenvalue weighted by Crippen LogP contribution is 2.37. The summed E-state index contributed by atoms with van der Waals surface area (Å²) in [5.41, 5.74) is 10.8. The maximum absolute atomic E-state index is 10.8. The molecule has 0 saturated heterocycles. The predicted molar refractivity (Wildman–Crippen MR) is 206 cm³/mol. The number of carboxylic acids is 2. The quantitative estimate of drug-likeness (QED) is 0.0978. The van der Waals surface area contributed by atoms with Crippen LogP contribution in [0.3, 0.4) is 0 Å². The Balaban J connectivity index is 1.13. The molecule has 0 aromatic heterocycles. The fraction of sp³-hybridized carbons (Fsp3) is 0.209. The molecule has 4 aromatic carbocycles. The van der Waals surface area contributed by atoms with Crippen molar-refractivity contribution in [1.29, 1.82) is 0 Å². The smallest absolute Gasteiger partial charge is 0.341 e. The number of fused-ring (bicyclic) bond motifs is 3. The summed E-state index contributed by atoms with van der Waals surface area (Å²) in [6.07, 6.45) is 5.09. The molecule has 0 fully saturated rings. The number of aryl methyl sites for hydroxylation is 2. The minimum Gasteiger partial charge on any atom is -0.482 e. The van der Waals surface area contributed by atoms with Crippen LogP contribution in [-0.4, -0.2) is 46.9 Å². The van der Waals surface area contributed by atoms with Gasteiger partial charge in [-0.2, -0.15) is 0 Å². The fourth-order valence-corrected chi connectivity index (χ4v) is 7.26. The minimum absolute atomic E-state index is 0.350. The summed E-state index contributed by atoms with van der Waals surface area (Å²) in [4.78, 5) is 23.7. The van der Waals surface area contributed by atoms with E-state index in [1.54, 1.807) is 23.5 Å². The highest BCUT2D eigenvalue weighted by Gasteiger charge is 2.18. The molecule has 51 heavy (non-hydrogen) atoms. The fourth-order valence-electron chi connectivity index (χ4n) is 5.36. The zero-order chi connectivity index (χ0) is 36.3. The molecule has 6 nitrogen and oxygen atoms in total. The molecule has 1 aliphatic rings. The predicted octanol–water partition coefficient (Wildman–Crippen LogP) is 8.98. The third-order valence-electron chi connectivity index (χ3n) is 7.96. The number of benzene rings is 4. The van der Waals surface area contributed by atoms with E-state index in [4.69, 9.17) is 19.7 Å². The molecule has 1 aliphatic carbocycles. The van der Waals surface area contributed by atoms with E-state index in [0.717, 1.165) is 61.1 Å². The van der Waals surface area contributed by atoms with E-state index in [0.29, 0.717) is 11.5 Å². The zero-order valence-corrected chi connectivity index (χ0v) is 30.6. The molecule has 0 unspecified atom stereocenters. The third-order valence-corrected chi connectivity index (χ3v) is 9.80. The number of thioether (sulfide) groups is 2. The summed E-state index contributed by atoms with van der Waals surface area (Å²) in [5, 5.41) is 17.7. The Bertz CT molecular complexity index is 2000. The molecule has 0 heterocycles. The maximum atomic E-state index is 10.8. The van der Waals surface area contributed by atoms with Crippen molar-refractivity contribution in [3.8, 4) is 46.3 Å². The summed E-state index contributed by atoms with van der Waals surface area (Å²) in [7, 11) is 0. The van der Waals surface area contributed by atoms with Crippen molar-refractivity contribution >= 4 is 35.5 Å². The van der Waals surface area contributed by atoms with Crippen LogP contribution >= 0.6 is 23.5 Å². The van der Waals surface area contributed by atoms with Crippen molar-refractivity contribution in [2.45, 2.75) is 43.9 Å². The molecular formula is C43H38O6S2. The van der Waals surface area contributed by atoms with Gasteiger partial charge in [0, 0.05) is 32.4 Å². The first-order chi connectivity index (χ1) is 24.5. The van der Waals surface area contributed by atoms with Crippen molar-refractivity contribution in [3.05, 3.63) is 129 Å². The lowest BCUT2D eigenvalue weighted by Gasteiger charge is -2.08. The van der Waals surface area contributed by atoms with E-state index in [9.17, 15) is 9.59 Å². The van der Waals surface area contributed by atoms with Crippen molar-refractivity contribution < 1.29 is 29.3 Å². The van der Waals surface area contributed by atoms with E-state index in [-0.39, 0.29) is 13.2 Å². The lowest BCUT2D eigenvalue weighted by atomic mass is 10.0. The summed E-state index contributed by atoms with van der Waals surface area (Å²) >= 11 is 3.38. The van der Waals surface area contributed by atoms with Gasteiger partial charge in [0.2, 0.25) is 0 Å². The Labute approximate surface area is 308 Å². The third kappa shape index (κ3) is 10.9. The molecule has 258 valence electrons. The van der Waals surface area contributed by atoms with Crippen molar-refractivity contribution in [2.75, 3.05) is 24.7 Å². The summed E-state index contributed by atoms with van der Waals surface area (Å²) in [6.45, 7) is 7.16.